The molecule has 1 amide bonds. The minimum atomic E-state index is -0.503. The van der Waals surface area contributed by atoms with Crippen LogP contribution in [0.25, 0.3) is 11.0 Å². The number of carbonyl (C=O) groups excluding carboxylic acids is 1. The molecule has 0 fully saturated rings. The summed E-state index contributed by atoms with van der Waals surface area (Å²) in [6, 6.07) is 10.6. The van der Waals surface area contributed by atoms with E-state index < -0.39 is 4.92 Å². The number of nitro groups is 1. The number of imidazole rings is 1. The number of nitrogens with one attached hydrogen (secondary N) is 2. The predicted octanol–water partition coefficient (Wildman–Crippen LogP) is 3.82. The normalized spacial score (nSPS) is 10.8. The van der Waals surface area contributed by atoms with E-state index >= 15 is 0 Å². The standard InChI is InChI=1S/C17H16N4O3S/c1-10-3-5-12-14(7-10)20-17(19-12)25-9-16(22)18-13-6-4-11(2)8-15(13)21(23)24/h3-8H,9H2,1-2H3,(H,18,22)(H,19,20). The quantitative estimate of drug-likeness (QED) is 0.411. The summed E-state index contributed by atoms with van der Waals surface area (Å²) in [7, 11) is 0. The van der Waals surface area contributed by atoms with E-state index in [2.05, 4.69) is 15.3 Å². The second kappa shape index (κ2) is 6.94. The van der Waals surface area contributed by atoms with Crippen molar-refractivity contribution in [3.8, 4) is 0 Å². The summed E-state index contributed by atoms with van der Waals surface area (Å²) < 4.78 is 0. The highest BCUT2D eigenvalue weighted by Crippen LogP contribution is 2.26. The molecular formula is C17H16N4O3S. The fourth-order valence-corrected chi connectivity index (χ4v) is 3.07. The molecule has 8 heteroatoms. The number of thioether (sulfide) groups is 1. The summed E-state index contributed by atoms with van der Waals surface area (Å²) >= 11 is 1.25. The van der Waals surface area contributed by atoms with Gasteiger partial charge in [0.25, 0.3) is 5.69 Å². The SMILES string of the molecule is Cc1ccc(NC(=O)CSc2nc3ccc(C)cc3[nH]2)c([N+](=O)[O-])c1. The summed E-state index contributed by atoms with van der Waals surface area (Å²) in [6.07, 6.45) is 0. The van der Waals surface area contributed by atoms with Crippen LogP contribution in [0.1, 0.15) is 11.1 Å². The number of rotatable bonds is 5. The Balaban J connectivity index is 1.67. The Kier molecular flexibility index (Phi) is 4.71. The van der Waals surface area contributed by atoms with Gasteiger partial charge in [-0.1, -0.05) is 23.9 Å². The van der Waals surface area contributed by atoms with Crippen LogP contribution in [0.15, 0.2) is 41.6 Å². The van der Waals surface area contributed by atoms with Crippen molar-refractivity contribution in [1.29, 1.82) is 0 Å². The molecule has 0 aliphatic heterocycles. The second-order valence-electron chi connectivity index (χ2n) is 5.68. The largest absolute Gasteiger partial charge is 0.333 e. The van der Waals surface area contributed by atoms with Gasteiger partial charge in [-0.3, -0.25) is 14.9 Å². The first-order chi connectivity index (χ1) is 11.9. The Morgan fingerprint density at radius 1 is 1.24 bits per heavy atom. The Morgan fingerprint density at radius 3 is 2.72 bits per heavy atom. The summed E-state index contributed by atoms with van der Waals surface area (Å²) in [5.41, 5.74) is 3.72. The van der Waals surface area contributed by atoms with Crippen molar-refractivity contribution in [3.05, 3.63) is 57.6 Å². The van der Waals surface area contributed by atoms with Gasteiger partial charge in [-0.25, -0.2) is 4.98 Å². The van der Waals surface area contributed by atoms with Crippen molar-refractivity contribution in [1.82, 2.24) is 9.97 Å². The van der Waals surface area contributed by atoms with Gasteiger partial charge in [0.15, 0.2) is 5.16 Å². The van der Waals surface area contributed by atoms with Crippen LogP contribution in [0.3, 0.4) is 0 Å². The van der Waals surface area contributed by atoms with E-state index in [-0.39, 0.29) is 23.0 Å². The molecule has 0 unspecified atom stereocenters. The highest BCUT2D eigenvalue weighted by Gasteiger charge is 2.16. The number of H-pyrrole nitrogens is 1. The van der Waals surface area contributed by atoms with Crippen molar-refractivity contribution >= 4 is 40.1 Å². The summed E-state index contributed by atoms with van der Waals surface area (Å²) in [5, 5.41) is 14.3. The van der Waals surface area contributed by atoms with Gasteiger partial charge in [0, 0.05) is 6.07 Å². The molecule has 0 spiro atoms. The first-order valence-corrected chi connectivity index (χ1v) is 8.55. The monoisotopic (exact) mass is 356 g/mol. The van der Waals surface area contributed by atoms with Crippen LogP contribution in [-0.4, -0.2) is 26.6 Å². The number of nitro benzene ring substituents is 1. The number of aromatic nitrogens is 2. The maximum atomic E-state index is 12.1. The van der Waals surface area contributed by atoms with Gasteiger partial charge in [0.2, 0.25) is 5.91 Å². The lowest BCUT2D eigenvalue weighted by Gasteiger charge is -2.06. The van der Waals surface area contributed by atoms with Crippen LogP contribution in [0.5, 0.6) is 0 Å². The lowest BCUT2D eigenvalue weighted by molar-refractivity contribution is -0.384. The summed E-state index contributed by atoms with van der Waals surface area (Å²) in [6.45, 7) is 3.76. The number of amides is 1. The third-order valence-electron chi connectivity index (χ3n) is 3.58. The molecule has 2 aromatic carbocycles. The van der Waals surface area contributed by atoms with Gasteiger partial charge in [-0.05, 0) is 43.2 Å². The molecule has 0 saturated heterocycles. The lowest BCUT2D eigenvalue weighted by Crippen LogP contribution is -2.15. The van der Waals surface area contributed by atoms with E-state index in [1.165, 1.54) is 17.8 Å². The molecule has 0 bridgehead atoms. The van der Waals surface area contributed by atoms with Crippen LogP contribution < -0.4 is 5.32 Å². The number of aromatic amines is 1. The minimum absolute atomic E-state index is 0.101. The molecule has 3 rings (SSSR count). The number of anilines is 1. The van der Waals surface area contributed by atoms with Crippen LogP contribution in [0, 0.1) is 24.0 Å². The van der Waals surface area contributed by atoms with Crippen LogP contribution in [0.4, 0.5) is 11.4 Å². The van der Waals surface area contributed by atoms with E-state index in [9.17, 15) is 14.9 Å². The van der Waals surface area contributed by atoms with Gasteiger partial charge >= 0.3 is 0 Å². The topological polar surface area (TPSA) is 101 Å². The van der Waals surface area contributed by atoms with Crippen molar-refractivity contribution in [2.75, 3.05) is 11.1 Å². The molecule has 0 saturated carbocycles. The summed E-state index contributed by atoms with van der Waals surface area (Å²) in [4.78, 5) is 30.3. The Labute approximate surface area is 148 Å². The van der Waals surface area contributed by atoms with Gasteiger partial charge in [-0.2, -0.15) is 0 Å². The van der Waals surface area contributed by atoms with Gasteiger partial charge < -0.3 is 10.3 Å². The van der Waals surface area contributed by atoms with Crippen molar-refractivity contribution in [2.24, 2.45) is 0 Å². The maximum Gasteiger partial charge on any atom is 0.293 e. The van der Waals surface area contributed by atoms with Crippen LogP contribution in [-0.2, 0) is 4.79 Å². The van der Waals surface area contributed by atoms with Crippen LogP contribution >= 0.6 is 11.8 Å². The molecule has 7 nitrogen and oxygen atoms in total. The predicted molar refractivity (Wildman–Crippen MR) is 98.0 cm³/mol. The molecule has 128 valence electrons. The summed E-state index contributed by atoms with van der Waals surface area (Å²) in [5.74, 6) is -0.224. The number of hydrogen-bond acceptors (Lipinski definition) is 5. The van der Waals surface area contributed by atoms with Gasteiger partial charge in [0.05, 0.1) is 21.7 Å². The molecule has 0 aliphatic rings. The molecule has 3 aromatic rings. The van der Waals surface area contributed by atoms with E-state index in [0.717, 1.165) is 22.2 Å². The van der Waals surface area contributed by atoms with Crippen molar-refractivity contribution in [2.45, 2.75) is 19.0 Å². The first-order valence-electron chi connectivity index (χ1n) is 7.56. The Hall–Kier alpha value is -2.87. The zero-order chi connectivity index (χ0) is 18.0. The number of carbonyl (C=O) groups is 1. The minimum Gasteiger partial charge on any atom is -0.333 e. The molecule has 0 atom stereocenters. The van der Waals surface area contributed by atoms with Crippen molar-refractivity contribution in [3.63, 3.8) is 0 Å². The Morgan fingerprint density at radius 2 is 1.96 bits per heavy atom. The zero-order valence-corrected chi connectivity index (χ0v) is 14.5. The van der Waals surface area contributed by atoms with Gasteiger partial charge in [0.1, 0.15) is 5.69 Å². The average Bonchev–Trinajstić information content (AvgIpc) is 2.96. The number of benzene rings is 2. The molecule has 0 radical (unpaired) electrons. The zero-order valence-electron chi connectivity index (χ0n) is 13.7. The smallest absolute Gasteiger partial charge is 0.293 e. The molecule has 1 heterocycles. The van der Waals surface area contributed by atoms with Crippen molar-refractivity contribution < 1.29 is 9.72 Å². The number of fused-ring (bicyclic) bond motifs is 1. The van der Waals surface area contributed by atoms with E-state index in [1.54, 1.807) is 19.1 Å². The number of aryl methyl sites for hydroxylation is 2. The van der Waals surface area contributed by atoms with E-state index in [0.29, 0.717) is 5.16 Å². The molecule has 0 aliphatic carbocycles. The highest BCUT2D eigenvalue weighted by atomic mass is 32.2. The number of nitrogens with zero attached hydrogens (tertiary/aromatic N) is 2. The van der Waals surface area contributed by atoms with Gasteiger partial charge in [-0.15, -0.1) is 0 Å². The molecule has 1 aromatic heterocycles. The number of hydrogen-bond donors (Lipinski definition) is 2. The lowest BCUT2D eigenvalue weighted by atomic mass is 10.2. The second-order valence-corrected chi connectivity index (χ2v) is 6.64. The van der Waals surface area contributed by atoms with Crippen LogP contribution in [0.2, 0.25) is 0 Å². The molecule has 2 N–H and O–H groups in total. The highest BCUT2D eigenvalue weighted by molar-refractivity contribution is 7.99. The van der Waals surface area contributed by atoms with E-state index in [4.69, 9.17) is 0 Å². The third-order valence-corrected chi connectivity index (χ3v) is 4.45. The fraction of sp³-hybridized carbons (Fsp3) is 0.176. The molecular weight excluding hydrogens is 340 g/mol. The maximum absolute atomic E-state index is 12.1. The third kappa shape index (κ3) is 3.97. The van der Waals surface area contributed by atoms with E-state index in [1.807, 2.05) is 25.1 Å². The first kappa shape index (κ1) is 17.0. The average molecular weight is 356 g/mol. The molecule has 25 heavy (non-hydrogen) atoms. The fourth-order valence-electron chi connectivity index (χ4n) is 2.39. The Bertz CT molecular complexity index is 968.